The van der Waals surface area contributed by atoms with Gasteiger partial charge in [0.25, 0.3) is 0 Å². The van der Waals surface area contributed by atoms with Gasteiger partial charge in [0, 0.05) is 18.3 Å². The first-order valence-electron chi connectivity index (χ1n) is 7.04. The number of hydrogen-bond donors (Lipinski definition) is 1. The highest BCUT2D eigenvalue weighted by atomic mass is 16.3. The number of amides is 1. The molecule has 0 fully saturated rings. The molecular formula is C17H19NO3. The van der Waals surface area contributed by atoms with E-state index in [0.717, 1.165) is 39.5 Å². The van der Waals surface area contributed by atoms with Gasteiger partial charge in [-0.05, 0) is 43.5 Å². The van der Waals surface area contributed by atoms with E-state index in [1.54, 1.807) is 11.9 Å². The first-order chi connectivity index (χ1) is 9.90. The second-order valence-corrected chi connectivity index (χ2v) is 5.67. The van der Waals surface area contributed by atoms with Crippen LogP contribution in [-0.4, -0.2) is 18.1 Å². The molecule has 2 heterocycles. The smallest absolute Gasteiger partial charge is 0.231 e. The number of aliphatic hydroxyl groups is 1. The molecule has 1 aromatic heterocycles. The zero-order chi connectivity index (χ0) is 15.3. The van der Waals surface area contributed by atoms with Gasteiger partial charge in [0.15, 0.2) is 0 Å². The molecule has 0 aliphatic carbocycles. The van der Waals surface area contributed by atoms with E-state index in [-0.39, 0.29) is 5.91 Å². The standard InChI is InChI=1S/C17H19NO3/c1-9-10(2)21-11(3)16(9)17(20)12-5-6-14-13(7-12)8-15(19)18(14)4/h5-7,17,20H,8H2,1-4H3. The average Bonchev–Trinajstić information content (AvgIpc) is 2.86. The Morgan fingerprint density at radius 1 is 1.24 bits per heavy atom. The molecule has 1 atom stereocenters. The molecule has 1 amide bonds. The van der Waals surface area contributed by atoms with Crippen LogP contribution in [0.4, 0.5) is 5.69 Å². The van der Waals surface area contributed by atoms with E-state index in [1.165, 1.54) is 0 Å². The minimum atomic E-state index is -0.728. The van der Waals surface area contributed by atoms with Gasteiger partial charge in [-0.3, -0.25) is 4.79 Å². The summed E-state index contributed by atoms with van der Waals surface area (Å²) >= 11 is 0. The lowest BCUT2D eigenvalue weighted by Gasteiger charge is -2.14. The number of carbonyl (C=O) groups excluding carboxylic acids is 1. The fraction of sp³-hybridized carbons (Fsp3) is 0.353. The quantitative estimate of drug-likeness (QED) is 0.923. The Kier molecular flexibility index (Phi) is 3.14. The van der Waals surface area contributed by atoms with Gasteiger partial charge in [-0.2, -0.15) is 0 Å². The van der Waals surface area contributed by atoms with Crippen molar-refractivity contribution >= 4 is 11.6 Å². The number of aryl methyl sites for hydroxylation is 2. The van der Waals surface area contributed by atoms with Crippen LogP contribution in [-0.2, 0) is 11.2 Å². The second kappa shape index (κ2) is 4.74. The fourth-order valence-electron chi connectivity index (χ4n) is 3.04. The molecule has 1 aromatic carbocycles. The highest BCUT2D eigenvalue weighted by Crippen LogP contribution is 2.35. The van der Waals surface area contributed by atoms with Crippen LogP contribution < -0.4 is 4.90 Å². The summed E-state index contributed by atoms with van der Waals surface area (Å²) in [6.45, 7) is 5.72. The molecule has 21 heavy (non-hydrogen) atoms. The van der Waals surface area contributed by atoms with Crippen molar-refractivity contribution in [1.82, 2.24) is 0 Å². The summed E-state index contributed by atoms with van der Waals surface area (Å²) in [5.41, 5.74) is 4.49. The van der Waals surface area contributed by atoms with Gasteiger partial charge in [-0.1, -0.05) is 12.1 Å². The molecule has 1 unspecified atom stereocenters. The fourth-order valence-corrected chi connectivity index (χ4v) is 3.04. The van der Waals surface area contributed by atoms with E-state index in [1.807, 2.05) is 39.0 Å². The van der Waals surface area contributed by atoms with Crippen LogP contribution >= 0.6 is 0 Å². The molecule has 0 saturated heterocycles. The van der Waals surface area contributed by atoms with E-state index in [9.17, 15) is 9.90 Å². The zero-order valence-corrected chi connectivity index (χ0v) is 12.7. The summed E-state index contributed by atoms with van der Waals surface area (Å²) in [6, 6.07) is 5.69. The Labute approximate surface area is 124 Å². The van der Waals surface area contributed by atoms with E-state index in [4.69, 9.17) is 4.42 Å². The minimum Gasteiger partial charge on any atom is -0.466 e. The molecule has 1 aliphatic heterocycles. The Morgan fingerprint density at radius 3 is 2.57 bits per heavy atom. The van der Waals surface area contributed by atoms with Gasteiger partial charge < -0.3 is 14.4 Å². The average molecular weight is 285 g/mol. The SMILES string of the molecule is Cc1oc(C)c(C(O)c2ccc3c(c2)CC(=O)N3C)c1C. The Balaban J connectivity index is 2.02. The van der Waals surface area contributed by atoms with Crippen LogP contribution in [0.5, 0.6) is 0 Å². The van der Waals surface area contributed by atoms with Crippen molar-refractivity contribution in [2.24, 2.45) is 0 Å². The molecule has 110 valence electrons. The number of aliphatic hydroxyl groups excluding tert-OH is 1. The number of likely N-dealkylation sites (N-methyl/N-ethyl adjacent to an activating group) is 1. The summed E-state index contributed by atoms with van der Waals surface area (Å²) < 4.78 is 5.59. The summed E-state index contributed by atoms with van der Waals surface area (Å²) in [5.74, 6) is 1.66. The third kappa shape index (κ3) is 2.07. The van der Waals surface area contributed by atoms with Crippen molar-refractivity contribution in [1.29, 1.82) is 0 Å². The summed E-state index contributed by atoms with van der Waals surface area (Å²) in [4.78, 5) is 13.4. The lowest BCUT2D eigenvalue weighted by Crippen LogP contribution is -2.20. The summed E-state index contributed by atoms with van der Waals surface area (Å²) in [7, 11) is 1.78. The van der Waals surface area contributed by atoms with Crippen molar-refractivity contribution in [3.8, 4) is 0 Å². The largest absolute Gasteiger partial charge is 0.466 e. The van der Waals surface area contributed by atoms with Gasteiger partial charge in [0.2, 0.25) is 5.91 Å². The predicted octanol–water partition coefficient (Wildman–Crippen LogP) is 2.81. The molecule has 4 heteroatoms. The predicted molar refractivity (Wildman–Crippen MR) is 80.5 cm³/mol. The summed E-state index contributed by atoms with van der Waals surface area (Å²) in [6.07, 6.45) is -0.330. The minimum absolute atomic E-state index is 0.0863. The number of fused-ring (bicyclic) bond motifs is 1. The molecule has 0 bridgehead atoms. The molecule has 1 N–H and O–H groups in total. The monoisotopic (exact) mass is 285 g/mol. The molecule has 0 spiro atoms. The molecule has 4 nitrogen and oxygen atoms in total. The Morgan fingerprint density at radius 2 is 1.95 bits per heavy atom. The summed E-state index contributed by atoms with van der Waals surface area (Å²) in [5, 5.41) is 10.7. The van der Waals surface area contributed by atoms with Crippen molar-refractivity contribution in [3.05, 3.63) is 52.0 Å². The second-order valence-electron chi connectivity index (χ2n) is 5.67. The topological polar surface area (TPSA) is 53.7 Å². The molecule has 3 rings (SSSR count). The van der Waals surface area contributed by atoms with E-state index in [0.29, 0.717) is 6.42 Å². The highest BCUT2D eigenvalue weighted by Gasteiger charge is 2.26. The van der Waals surface area contributed by atoms with Crippen LogP contribution in [0.1, 0.15) is 39.9 Å². The number of anilines is 1. The zero-order valence-electron chi connectivity index (χ0n) is 12.7. The maximum atomic E-state index is 11.7. The molecule has 2 aromatic rings. The number of nitrogens with zero attached hydrogens (tertiary/aromatic N) is 1. The first kappa shape index (κ1) is 13.9. The van der Waals surface area contributed by atoms with Crippen molar-refractivity contribution in [3.63, 3.8) is 0 Å². The van der Waals surface area contributed by atoms with Gasteiger partial charge in [-0.15, -0.1) is 0 Å². The van der Waals surface area contributed by atoms with Gasteiger partial charge in [0.05, 0.1) is 6.42 Å². The molecular weight excluding hydrogens is 266 g/mol. The maximum Gasteiger partial charge on any atom is 0.231 e. The number of rotatable bonds is 2. The third-order valence-corrected chi connectivity index (χ3v) is 4.39. The molecule has 1 aliphatic rings. The van der Waals surface area contributed by atoms with Crippen molar-refractivity contribution in [2.45, 2.75) is 33.3 Å². The van der Waals surface area contributed by atoms with Crippen LogP contribution in [0.15, 0.2) is 22.6 Å². The van der Waals surface area contributed by atoms with E-state index < -0.39 is 6.10 Å². The van der Waals surface area contributed by atoms with Crippen molar-refractivity contribution < 1.29 is 14.3 Å². The molecule has 0 radical (unpaired) electrons. The maximum absolute atomic E-state index is 11.7. The van der Waals surface area contributed by atoms with Crippen LogP contribution in [0.25, 0.3) is 0 Å². The number of hydrogen-bond acceptors (Lipinski definition) is 3. The Bertz CT molecular complexity index is 730. The van der Waals surface area contributed by atoms with Crippen LogP contribution in [0, 0.1) is 20.8 Å². The lowest BCUT2D eigenvalue weighted by atomic mass is 9.96. The normalized spacial score (nSPS) is 15.5. The number of carbonyl (C=O) groups is 1. The third-order valence-electron chi connectivity index (χ3n) is 4.39. The van der Waals surface area contributed by atoms with Crippen molar-refractivity contribution in [2.75, 3.05) is 11.9 Å². The van der Waals surface area contributed by atoms with Gasteiger partial charge in [-0.25, -0.2) is 0 Å². The number of furan rings is 1. The van der Waals surface area contributed by atoms with Gasteiger partial charge >= 0.3 is 0 Å². The van der Waals surface area contributed by atoms with E-state index >= 15 is 0 Å². The Hall–Kier alpha value is -2.07. The van der Waals surface area contributed by atoms with Crippen LogP contribution in [0.2, 0.25) is 0 Å². The van der Waals surface area contributed by atoms with Crippen LogP contribution in [0.3, 0.4) is 0 Å². The number of benzene rings is 1. The molecule has 0 saturated carbocycles. The van der Waals surface area contributed by atoms with E-state index in [2.05, 4.69) is 0 Å². The first-order valence-corrected chi connectivity index (χ1v) is 7.04. The van der Waals surface area contributed by atoms with Gasteiger partial charge in [0.1, 0.15) is 17.6 Å². The highest BCUT2D eigenvalue weighted by molar-refractivity contribution is 6.00. The lowest BCUT2D eigenvalue weighted by molar-refractivity contribution is -0.117.